The van der Waals surface area contributed by atoms with Crippen molar-refractivity contribution in [2.75, 3.05) is 11.9 Å². The minimum absolute atomic E-state index is 0.0273. The van der Waals surface area contributed by atoms with Crippen LogP contribution in [0.5, 0.6) is 0 Å². The molecule has 3 N–H and O–H groups in total. The number of carbonyl (C=O) groups excluding carboxylic acids is 1. The third-order valence-corrected chi connectivity index (χ3v) is 4.68. The van der Waals surface area contributed by atoms with Crippen LogP contribution in [-0.2, 0) is 11.2 Å². The van der Waals surface area contributed by atoms with Crippen LogP contribution in [-0.4, -0.2) is 17.4 Å². The number of hydrogen-bond donors (Lipinski definition) is 2. The summed E-state index contributed by atoms with van der Waals surface area (Å²) in [4.78, 5) is 17.1. The Kier molecular flexibility index (Phi) is 4.63. The molecule has 5 nitrogen and oxygen atoms in total. The summed E-state index contributed by atoms with van der Waals surface area (Å²) in [5.74, 6) is 1.14. The van der Waals surface area contributed by atoms with E-state index >= 15 is 0 Å². The highest BCUT2D eigenvalue weighted by atomic mass is 16.3. The third-order valence-electron chi connectivity index (χ3n) is 4.68. The maximum Gasteiger partial charge on any atom is 0.227 e. The lowest BCUT2D eigenvalue weighted by Crippen LogP contribution is -2.29. The van der Waals surface area contributed by atoms with Crippen molar-refractivity contribution in [3.05, 3.63) is 24.1 Å². The summed E-state index contributed by atoms with van der Waals surface area (Å²) in [7, 11) is 0. The molecule has 0 unspecified atom stereocenters. The van der Waals surface area contributed by atoms with Crippen LogP contribution in [0.3, 0.4) is 0 Å². The number of benzene rings is 1. The Bertz CT molecular complexity index is 730. The van der Waals surface area contributed by atoms with Gasteiger partial charge in [0.25, 0.3) is 0 Å². The molecule has 1 aliphatic carbocycles. The lowest BCUT2D eigenvalue weighted by molar-refractivity contribution is -0.120. The summed E-state index contributed by atoms with van der Waals surface area (Å²) in [5.41, 5.74) is 8.22. The smallest absolute Gasteiger partial charge is 0.227 e. The summed E-state index contributed by atoms with van der Waals surface area (Å²) < 4.78 is 5.80. The second kappa shape index (κ2) is 6.55. The van der Waals surface area contributed by atoms with Gasteiger partial charge in [0, 0.05) is 18.0 Å². The van der Waals surface area contributed by atoms with Crippen LogP contribution in [0.1, 0.15) is 45.9 Å². The van der Waals surface area contributed by atoms with Crippen molar-refractivity contribution in [3.63, 3.8) is 0 Å². The molecule has 130 valence electrons. The van der Waals surface area contributed by atoms with Gasteiger partial charge in [0.15, 0.2) is 11.5 Å². The van der Waals surface area contributed by atoms with Crippen LogP contribution in [0.15, 0.2) is 22.6 Å². The molecule has 0 radical (unpaired) electrons. The Morgan fingerprint density at radius 2 is 2.17 bits per heavy atom. The van der Waals surface area contributed by atoms with Gasteiger partial charge in [-0.05, 0) is 48.9 Å². The second-order valence-electron chi connectivity index (χ2n) is 8.05. The minimum atomic E-state index is 0.0273. The van der Waals surface area contributed by atoms with Crippen LogP contribution >= 0.6 is 0 Å². The molecule has 1 aromatic carbocycles. The van der Waals surface area contributed by atoms with Gasteiger partial charge in [0.2, 0.25) is 5.91 Å². The lowest BCUT2D eigenvalue weighted by Gasteiger charge is -2.17. The second-order valence-corrected chi connectivity index (χ2v) is 8.05. The van der Waals surface area contributed by atoms with E-state index in [2.05, 4.69) is 31.1 Å². The number of fused-ring (bicyclic) bond motifs is 1. The largest absolute Gasteiger partial charge is 0.441 e. The zero-order valence-electron chi connectivity index (χ0n) is 14.8. The molecular formula is C19H27N3O2. The fraction of sp³-hybridized carbons (Fsp3) is 0.579. The fourth-order valence-corrected chi connectivity index (χ4v) is 3.48. The standard InChI is InChI=1S/C19H27N3O2/c1-19(2,3)10-17-22-15-9-13(7-8-16(15)24-17)21-18(23)14-6-4-5-12(14)11-20/h7-9,12,14H,4-6,10-11,20H2,1-3H3,(H,21,23)/t12-,14-/m1/s1. The van der Waals surface area contributed by atoms with Gasteiger partial charge in [-0.2, -0.15) is 0 Å². The SMILES string of the molecule is CC(C)(C)Cc1nc2cc(NC(=O)[C@@H]3CCC[C@@H]3CN)ccc2o1. The molecule has 2 aromatic rings. The van der Waals surface area contributed by atoms with E-state index in [0.717, 1.165) is 48.4 Å². The Balaban J connectivity index is 1.74. The van der Waals surface area contributed by atoms with Gasteiger partial charge in [-0.1, -0.05) is 27.2 Å². The molecule has 0 saturated heterocycles. The van der Waals surface area contributed by atoms with E-state index in [1.54, 1.807) is 0 Å². The van der Waals surface area contributed by atoms with Crippen molar-refractivity contribution in [2.24, 2.45) is 23.0 Å². The van der Waals surface area contributed by atoms with Crippen molar-refractivity contribution < 1.29 is 9.21 Å². The highest BCUT2D eigenvalue weighted by Gasteiger charge is 2.31. The number of carbonyl (C=O) groups is 1. The first-order chi connectivity index (χ1) is 11.4. The monoisotopic (exact) mass is 329 g/mol. The van der Waals surface area contributed by atoms with Crippen LogP contribution in [0.2, 0.25) is 0 Å². The molecule has 0 bridgehead atoms. The van der Waals surface area contributed by atoms with E-state index in [4.69, 9.17) is 10.2 Å². The average molecular weight is 329 g/mol. The van der Waals surface area contributed by atoms with E-state index in [1.807, 2.05) is 18.2 Å². The lowest BCUT2D eigenvalue weighted by atomic mass is 9.92. The molecule has 24 heavy (non-hydrogen) atoms. The van der Waals surface area contributed by atoms with Crippen LogP contribution in [0.25, 0.3) is 11.1 Å². The average Bonchev–Trinajstić information content (AvgIpc) is 3.10. The third kappa shape index (κ3) is 3.78. The van der Waals surface area contributed by atoms with E-state index < -0.39 is 0 Å². The van der Waals surface area contributed by atoms with Gasteiger partial charge in [0.05, 0.1) is 0 Å². The molecule has 5 heteroatoms. The normalized spacial score (nSPS) is 21.3. The predicted octanol–water partition coefficient (Wildman–Crippen LogP) is 3.73. The van der Waals surface area contributed by atoms with Crippen molar-refractivity contribution >= 4 is 22.7 Å². The maximum atomic E-state index is 12.5. The van der Waals surface area contributed by atoms with Crippen molar-refractivity contribution in [2.45, 2.75) is 46.5 Å². The molecule has 0 spiro atoms. The van der Waals surface area contributed by atoms with Gasteiger partial charge in [-0.3, -0.25) is 4.79 Å². The molecule has 1 saturated carbocycles. The number of nitrogens with one attached hydrogen (secondary N) is 1. The number of amides is 1. The minimum Gasteiger partial charge on any atom is -0.441 e. The number of nitrogens with zero attached hydrogens (tertiary/aromatic N) is 1. The number of anilines is 1. The van der Waals surface area contributed by atoms with Gasteiger partial charge < -0.3 is 15.5 Å². The first kappa shape index (κ1) is 17.0. The highest BCUT2D eigenvalue weighted by molar-refractivity contribution is 5.94. The van der Waals surface area contributed by atoms with E-state index in [0.29, 0.717) is 12.5 Å². The summed E-state index contributed by atoms with van der Waals surface area (Å²) >= 11 is 0. The van der Waals surface area contributed by atoms with Gasteiger partial charge >= 0.3 is 0 Å². The zero-order chi connectivity index (χ0) is 17.3. The Labute approximate surface area is 143 Å². The summed E-state index contributed by atoms with van der Waals surface area (Å²) in [5, 5.41) is 3.02. The molecule has 0 aliphatic heterocycles. The molecule has 1 heterocycles. The zero-order valence-corrected chi connectivity index (χ0v) is 14.8. The summed E-state index contributed by atoms with van der Waals surface area (Å²) in [6.45, 7) is 7.05. The van der Waals surface area contributed by atoms with Crippen LogP contribution < -0.4 is 11.1 Å². The molecular weight excluding hydrogens is 302 g/mol. The van der Waals surface area contributed by atoms with Gasteiger partial charge in [-0.15, -0.1) is 0 Å². The molecule has 3 rings (SSSR count). The van der Waals surface area contributed by atoms with E-state index in [1.165, 1.54) is 0 Å². The van der Waals surface area contributed by atoms with Crippen molar-refractivity contribution in [3.8, 4) is 0 Å². The predicted molar refractivity (Wildman–Crippen MR) is 95.7 cm³/mol. The quantitative estimate of drug-likeness (QED) is 0.895. The number of hydrogen-bond acceptors (Lipinski definition) is 4. The Morgan fingerprint density at radius 1 is 1.38 bits per heavy atom. The fourth-order valence-electron chi connectivity index (χ4n) is 3.48. The molecule has 1 aliphatic rings. The summed E-state index contributed by atoms with van der Waals surface area (Å²) in [6.07, 6.45) is 3.84. The number of oxazole rings is 1. The molecule has 1 fully saturated rings. The summed E-state index contributed by atoms with van der Waals surface area (Å²) in [6, 6.07) is 5.63. The topological polar surface area (TPSA) is 81.2 Å². The number of aromatic nitrogens is 1. The molecule has 2 atom stereocenters. The van der Waals surface area contributed by atoms with Crippen molar-refractivity contribution in [1.29, 1.82) is 0 Å². The first-order valence-electron chi connectivity index (χ1n) is 8.76. The van der Waals surface area contributed by atoms with E-state index in [9.17, 15) is 4.79 Å². The van der Waals surface area contributed by atoms with Crippen LogP contribution in [0.4, 0.5) is 5.69 Å². The van der Waals surface area contributed by atoms with Gasteiger partial charge in [0.1, 0.15) is 5.52 Å². The Hall–Kier alpha value is -1.88. The highest BCUT2D eigenvalue weighted by Crippen LogP contribution is 2.32. The number of nitrogens with two attached hydrogens (primary N) is 1. The van der Waals surface area contributed by atoms with Gasteiger partial charge in [-0.25, -0.2) is 4.98 Å². The maximum absolute atomic E-state index is 12.5. The first-order valence-corrected chi connectivity index (χ1v) is 8.76. The van der Waals surface area contributed by atoms with Crippen LogP contribution in [0, 0.1) is 17.3 Å². The van der Waals surface area contributed by atoms with E-state index in [-0.39, 0.29) is 17.2 Å². The molecule has 1 aromatic heterocycles. The number of rotatable bonds is 4. The molecule has 1 amide bonds. The van der Waals surface area contributed by atoms with Crippen molar-refractivity contribution in [1.82, 2.24) is 4.98 Å². The Morgan fingerprint density at radius 3 is 2.88 bits per heavy atom.